The minimum atomic E-state index is -4.19. The van der Waals surface area contributed by atoms with E-state index in [4.69, 9.17) is 5.84 Å². The molecule has 4 N–H and O–H groups in total. The van der Waals surface area contributed by atoms with Gasteiger partial charge in [-0.1, -0.05) is 12.1 Å². The van der Waals surface area contributed by atoms with E-state index >= 15 is 0 Å². The molecule has 0 saturated carbocycles. The Morgan fingerprint density at radius 3 is 2.60 bits per heavy atom. The van der Waals surface area contributed by atoms with Crippen molar-refractivity contribution in [2.75, 3.05) is 0 Å². The number of hydrazine groups is 1. The maximum atomic E-state index is 12.9. The summed E-state index contributed by atoms with van der Waals surface area (Å²) < 4.78 is 24.2. The van der Waals surface area contributed by atoms with Gasteiger partial charge < -0.3 is 4.98 Å². The fourth-order valence-corrected chi connectivity index (χ4v) is 3.35. The van der Waals surface area contributed by atoms with Crippen LogP contribution in [0.2, 0.25) is 0 Å². The second-order valence-electron chi connectivity index (χ2n) is 5.13. The van der Waals surface area contributed by atoms with Crippen molar-refractivity contribution in [2.45, 2.75) is 4.90 Å². The van der Waals surface area contributed by atoms with Crippen molar-refractivity contribution in [3.8, 4) is 0 Å². The molecule has 3 aromatic rings. The molecule has 0 unspecified atom stereocenters. The molecular weight excluding hydrogens is 348 g/mol. The van der Waals surface area contributed by atoms with Crippen molar-refractivity contribution in [1.29, 1.82) is 0 Å². The molecule has 1 aromatic heterocycles. The number of nitrogens with zero attached hydrogens (tertiary/aromatic N) is 1. The maximum Gasteiger partial charge on any atom is 0.270 e. The highest BCUT2D eigenvalue weighted by Gasteiger charge is 2.26. The molecule has 0 atom stereocenters. The Kier molecular flexibility index (Phi) is 4.08. The highest BCUT2D eigenvalue weighted by atomic mass is 32.2. The van der Waals surface area contributed by atoms with Gasteiger partial charge in [-0.05, 0) is 18.2 Å². The van der Waals surface area contributed by atoms with Crippen LogP contribution in [0.4, 0.5) is 5.69 Å². The number of hydrogen-bond acceptors (Lipinski definition) is 6. The van der Waals surface area contributed by atoms with E-state index < -0.39 is 31.3 Å². The van der Waals surface area contributed by atoms with Crippen molar-refractivity contribution in [1.82, 2.24) is 9.82 Å². The standard InChI is InChI=1S/C15H12N4O5S/c16-18-25(23,24)14-5-4-9(19(21)22)8-12(14)15(20)11-2-1-3-13-10(11)6-7-17-13/h1-8,17-18H,16H2. The number of nitro groups is 1. The lowest BCUT2D eigenvalue weighted by molar-refractivity contribution is -0.384. The van der Waals surface area contributed by atoms with Crippen LogP contribution >= 0.6 is 0 Å². The average molecular weight is 360 g/mol. The van der Waals surface area contributed by atoms with E-state index in [0.717, 1.165) is 18.2 Å². The third kappa shape index (κ3) is 2.89. The smallest absolute Gasteiger partial charge is 0.270 e. The highest BCUT2D eigenvalue weighted by Crippen LogP contribution is 2.27. The highest BCUT2D eigenvalue weighted by molar-refractivity contribution is 7.89. The minimum absolute atomic E-state index is 0.215. The van der Waals surface area contributed by atoms with Gasteiger partial charge in [0.25, 0.3) is 15.7 Å². The van der Waals surface area contributed by atoms with Crippen LogP contribution in [0.3, 0.4) is 0 Å². The Balaban J connectivity index is 2.27. The van der Waals surface area contributed by atoms with Gasteiger partial charge in [-0.3, -0.25) is 20.8 Å². The first-order valence-electron chi connectivity index (χ1n) is 6.97. The van der Waals surface area contributed by atoms with Gasteiger partial charge in [0.2, 0.25) is 0 Å². The van der Waals surface area contributed by atoms with Crippen LogP contribution in [0.5, 0.6) is 0 Å². The SMILES string of the molecule is NNS(=O)(=O)c1ccc([N+](=O)[O-])cc1C(=O)c1cccc2[nH]ccc12. The second-order valence-corrected chi connectivity index (χ2v) is 6.81. The summed E-state index contributed by atoms with van der Waals surface area (Å²) in [4.78, 5) is 27.4. The Labute approximate surface area is 141 Å². The van der Waals surface area contributed by atoms with Gasteiger partial charge in [-0.2, -0.15) is 4.83 Å². The molecule has 0 fully saturated rings. The first-order valence-corrected chi connectivity index (χ1v) is 8.45. The number of ketones is 1. The molecule has 1 heterocycles. The third-order valence-corrected chi connectivity index (χ3v) is 4.95. The summed E-state index contributed by atoms with van der Waals surface area (Å²) in [5.41, 5.74) is 0.159. The fourth-order valence-electron chi connectivity index (χ4n) is 2.54. The molecule has 0 saturated heterocycles. The predicted octanol–water partition coefficient (Wildman–Crippen LogP) is 1.46. The summed E-state index contributed by atoms with van der Waals surface area (Å²) >= 11 is 0. The van der Waals surface area contributed by atoms with Crippen LogP contribution < -0.4 is 10.7 Å². The zero-order chi connectivity index (χ0) is 18.2. The summed E-state index contributed by atoms with van der Waals surface area (Å²) in [6, 6.07) is 9.46. The van der Waals surface area contributed by atoms with Crippen LogP contribution in [0.1, 0.15) is 15.9 Å². The van der Waals surface area contributed by atoms with Gasteiger partial charge in [0, 0.05) is 40.4 Å². The van der Waals surface area contributed by atoms with E-state index in [1.165, 1.54) is 6.07 Å². The topological polar surface area (TPSA) is 148 Å². The quantitative estimate of drug-likeness (QED) is 0.271. The molecule has 0 spiro atoms. The molecule has 0 aliphatic carbocycles. The normalized spacial score (nSPS) is 11.6. The van der Waals surface area contributed by atoms with Gasteiger partial charge in [0.15, 0.2) is 5.78 Å². The number of hydrogen-bond donors (Lipinski definition) is 3. The Hall–Kier alpha value is -3.08. The number of nitro benzene ring substituents is 1. The molecule has 9 nitrogen and oxygen atoms in total. The summed E-state index contributed by atoms with van der Waals surface area (Å²) in [7, 11) is -4.19. The number of fused-ring (bicyclic) bond motifs is 1. The molecular formula is C15H12N4O5S. The van der Waals surface area contributed by atoms with E-state index in [9.17, 15) is 23.3 Å². The zero-order valence-corrected chi connectivity index (χ0v) is 13.4. The van der Waals surface area contributed by atoms with Crippen LogP contribution in [0.25, 0.3) is 10.9 Å². The Morgan fingerprint density at radius 2 is 1.92 bits per heavy atom. The van der Waals surface area contributed by atoms with Crippen LogP contribution in [-0.4, -0.2) is 24.1 Å². The number of carbonyl (C=O) groups excluding carboxylic acids is 1. The lowest BCUT2D eigenvalue weighted by Crippen LogP contribution is -2.31. The number of benzene rings is 2. The second kappa shape index (κ2) is 6.09. The lowest BCUT2D eigenvalue weighted by Gasteiger charge is -2.09. The van der Waals surface area contributed by atoms with E-state index in [0.29, 0.717) is 10.9 Å². The number of aromatic amines is 1. The minimum Gasteiger partial charge on any atom is -0.361 e. The molecule has 0 amide bonds. The van der Waals surface area contributed by atoms with Crippen LogP contribution in [-0.2, 0) is 10.0 Å². The van der Waals surface area contributed by atoms with Crippen molar-refractivity contribution >= 4 is 32.4 Å². The van der Waals surface area contributed by atoms with Gasteiger partial charge in [-0.15, -0.1) is 0 Å². The summed E-state index contributed by atoms with van der Waals surface area (Å²) in [6.07, 6.45) is 1.63. The van der Waals surface area contributed by atoms with Crippen molar-refractivity contribution < 1.29 is 18.1 Å². The Bertz CT molecular complexity index is 1100. The molecule has 0 aliphatic rings. The first-order chi connectivity index (χ1) is 11.8. The molecule has 25 heavy (non-hydrogen) atoms. The molecule has 0 radical (unpaired) electrons. The number of nitrogens with two attached hydrogens (primary N) is 1. The van der Waals surface area contributed by atoms with E-state index in [1.54, 1.807) is 29.2 Å². The largest absolute Gasteiger partial charge is 0.361 e. The number of rotatable bonds is 5. The average Bonchev–Trinajstić information content (AvgIpc) is 3.09. The molecule has 3 rings (SSSR count). The number of non-ortho nitro benzene ring substituents is 1. The van der Waals surface area contributed by atoms with Crippen molar-refractivity contribution in [3.05, 3.63) is 69.9 Å². The number of sulfonamides is 1. The number of nitrogens with one attached hydrogen (secondary N) is 2. The number of aromatic nitrogens is 1. The van der Waals surface area contributed by atoms with Crippen molar-refractivity contribution in [3.63, 3.8) is 0 Å². The lowest BCUT2D eigenvalue weighted by atomic mass is 9.99. The van der Waals surface area contributed by atoms with E-state index in [2.05, 4.69) is 4.98 Å². The summed E-state index contributed by atoms with van der Waals surface area (Å²) in [6.45, 7) is 0. The van der Waals surface area contributed by atoms with Gasteiger partial charge in [0.1, 0.15) is 0 Å². The van der Waals surface area contributed by atoms with Gasteiger partial charge >= 0.3 is 0 Å². The molecule has 2 aromatic carbocycles. The molecule has 0 aliphatic heterocycles. The summed E-state index contributed by atoms with van der Waals surface area (Å²) in [5, 5.41) is 11.6. The molecule has 128 valence electrons. The monoisotopic (exact) mass is 360 g/mol. The van der Waals surface area contributed by atoms with Crippen LogP contribution in [0, 0.1) is 10.1 Å². The predicted molar refractivity (Wildman–Crippen MR) is 89.3 cm³/mol. The van der Waals surface area contributed by atoms with Crippen LogP contribution in [0.15, 0.2) is 53.6 Å². The number of H-pyrrole nitrogens is 1. The third-order valence-electron chi connectivity index (χ3n) is 3.70. The Morgan fingerprint density at radius 1 is 1.16 bits per heavy atom. The fraction of sp³-hybridized carbons (Fsp3) is 0. The first kappa shape index (κ1) is 16.8. The van der Waals surface area contributed by atoms with E-state index in [-0.39, 0.29) is 11.1 Å². The molecule has 0 bridgehead atoms. The van der Waals surface area contributed by atoms with Gasteiger partial charge in [0.05, 0.1) is 9.82 Å². The van der Waals surface area contributed by atoms with E-state index in [1.807, 2.05) is 0 Å². The zero-order valence-electron chi connectivity index (χ0n) is 12.6. The van der Waals surface area contributed by atoms with Crippen molar-refractivity contribution in [2.24, 2.45) is 5.84 Å². The maximum absolute atomic E-state index is 12.9. The summed E-state index contributed by atoms with van der Waals surface area (Å²) in [5.74, 6) is 4.37. The van der Waals surface area contributed by atoms with Gasteiger partial charge in [-0.25, -0.2) is 8.42 Å². The number of carbonyl (C=O) groups is 1. The molecule has 10 heteroatoms.